The first-order valence-corrected chi connectivity index (χ1v) is 7.12. The summed E-state index contributed by atoms with van der Waals surface area (Å²) < 4.78 is 11.0. The third kappa shape index (κ3) is 4.91. The predicted octanol–water partition coefficient (Wildman–Crippen LogP) is 1.68. The molecular weight excluding hydrogens is 290 g/mol. The summed E-state index contributed by atoms with van der Waals surface area (Å²) in [5, 5.41) is 3.35. The average Bonchev–Trinajstić information content (AvgIpc) is 2.43. The minimum absolute atomic E-state index is 0.0835. The molecule has 1 heterocycles. The number of hydrogen-bond acceptors (Lipinski definition) is 6. The van der Waals surface area contributed by atoms with Crippen LogP contribution in [0.3, 0.4) is 0 Å². The number of azide groups is 1. The monoisotopic (exact) mass is 311 g/mol. The third-order valence-electron chi connectivity index (χ3n) is 3.74. The van der Waals surface area contributed by atoms with Crippen molar-refractivity contribution in [1.82, 2.24) is 0 Å². The normalized spacial score (nSPS) is 27.8. The Hall–Kier alpha value is -1.76. The molecule has 22 heavy (non-hydrogen) atoms. The van der Waals surface area contributed by atoms with Crippen LogP contribution in [0.4, 0.5) is 0 Å². The minimum Gasteiger partial charge on any atom is -0.352 e. The fraction of sp³-hybridized carbons (Fsp3) is 0.786. The summed E-state index contributed by atoms with van der Waals surface area (Å²) in [6, 6.07) is 0. The van der Waals surface area contributed by atoms with Crippen molar-refractivity contribution in [2.45, 2.75) is 33.5 Å². The van der Waals surface area contributed by atoms with E-state index in [1.54, 1.807) is 0 Å². The number of rotatable bonds is 8. The fourth-order valence-electron chi connectivity index (χ4n) is 2.83. The van der Waals surface area contributed by atoms with Crippen molar-refractivity contribution >= 4 is 17.3 Å². The maximum atomic E-state index is 12.0. The van der Waals surface area contributed by atoms with E-state index in [1.807, 2.05) is 0 Å². The molecule has 0 aromatic heterocycles. The minimum atomic E-state index is -0.762. The molecular formula is C14H21N3O5. The van der Waals surface area contributed by atoms with Gasteiger partial charge in [-0.3, -0.25) is 9.59 Å². The van der Waals surface area contributed by atoms with Crippen LogP contribution in [0.5, 0.6) is 0 Å². The third-order valence-corrected chi connectivity index (χ3v) is 3.74. The van der Waals surface area contributed by atoms with Gasteiger partial charge in [0.1, 0.15) is 17.3 Å². The summed E-state index contributed by atoms with van der Waals surface area (Å²) >= 11 is 0. The van der Waals surface area contributed by atoms with Crippen LogP contribution in [-0.2, 0) is 23.9 Å². The SMILES string of the molecule is CC(=O)C[C@H]1[C@@H](OCCN=[N+]=[N-])OC[C@H](C(C)=O)[C@H]1C(C)=O. The van der Waals surface area contributed by atoms with Gasteiger partial charge in [-0.2, -0.15) is 0 Å². The number of ether oxygens (including phenoxy) is 2. The summed E-state index contributed by atoms with van der Waals surface area (Å²) in [6.45, 7) is 4.59. The molecule has 1 aliphatic rings. The molecule has 8 heteroatoms. The van der Waals surface area contributed by atoms with Gasteiger partial charge in [-0.1, -0.05) is 5.11 Å². The van der Waals surface area contributed by atoms with Gasteiger partial charge in [0, 0.05) is 29.7 Å². The second-order valence-corrected chi connectivity index (χ2v) is 5.45. The molecule has 0 spiro atoms. The smallest absolute Gasteiger partial charge is 0.161 e. The van der Waals surface area contributed by atoms with Gasteiger partial charge in [-0.25, -0.2) is 0 Å². The molecule has 0 amide bonds. The zero-order valence-corrected chi connectivity index (χ0v) is 13.0. The van der Waals surface area contributed by atoms with Gasteiger partial charge in [-0.15, -0.1) is 0 Å². The van der Waals surface area contributed by atoms with Crippen LogP contribution < -0.4 is 0 Å². The van der Waals surface area contributed by atoms with E-state index in [0.717, 1.165) is 0 Å². The van der Waals surface area contributed by atoms with E-state index in [-0.39, 0.29) is 43.5 Å². The number of carbonyl (C=O) groups is 3. The van der Waals surface area contributed by atoms with E-state index < -0.39 is 24.0 Å². The number of hydrogen-bond donors (Lipinski definition) is 0. The van der Waals surface area contributed by atoms with E-state index >= 15 is 0 Å². The van der Waals surface area contributed by atoms with E-state index in [0.29, 0.717) is 0 Å². The van der Waals surface area contributed by atoms with Gasteiger partial charge in [-0.05, 0) is 26.3 Å². The Morgan fingerprint density at radius 3 is 2.45 bits per heavy atom. The van der Waals surface area contributed by atoms with Crippen molar-refractivity contribution in [3.63, 3.8) is 0 Å². The molecule has 8 nitrogen and oxygen atoms in total. The molecule has 1 saturated heterocycles. The lowest BCUT2D eigenvalue weighted by Gasteiger charge is -2.40. The first kappa shape index (κ1) is 18.3. The molecule has 0 aromatic rings. The Morgan fingerprint density at radius 1 is 1.27 bits per heavy atom. The van der Waals surface area contributed by atoms with Gasteiger partial charge in [0.25, 0.3) is 0 Å². The van der Waals surface area contributed by atoms with Crippen molar-refractivity contribution in [1.29, 1.82) is 0 Å². The lowest BCUT2D eigenvalue weighted by molar-refractivity contribution is -0.221. The zero-order valence-electron chi connectivity index (χ0n) is 13.0. The largest absolute Gasteiger partial charge is 0.352 e. The fourth-order valence-corrected chi connectivity index (χ4v) is 2.83. The number of carbonyl (C=O) groups excluding carboxylic acids is 3. The van der Waals surface area contributed by atoms with Crippen molar-refractivity contribution in [2.24, 2.45) is 22.9 Å². The van der Waals surface area contributed by atoms with Crippen LogP contribution in [0.2, 0.25) is 0 Å². The molecule has 0 saturated carbocycles. The molecule has 0 radical (unpaired) electrons. The molecule has 0 unspecified atom stereocenters. The van der Waals surface area contributed by atoms with Gasteiger partial charge in [0.15, 0.2) is 6.29 Å². The van der Waals surface area contributed by atoms with E-state index in [1.165, 1.54) is 20.8 Å². The van der Waals surface area contributed by atoms with Crippen LogP contribution >= 0.6 is 0 Å². The quantitative estimate of drug-likeness (QED) is 0.292. The number of Topliss-reactive ketones (excluding diaryl/α,β-unsaturated/α-hetero) is 3. The molecule has 122 valence electrons. The van der Waals surface area contributed by atoms with Crippen LogP contribution in [0.1, 0.15) is 27.2 Å². The zero-order chi connectivity index (χ0) is 16.7. The standard InChI is InChI=1S/C14H21N3O5/c1-8(18)6-11-13(10(3)20)12(9(2)19)7-22-14(11)21-5-4-16-17-15/h11-14H,4-7H2,1-3H3/t11-,12-,13+,14+/m1/s1. The van der Waals surface area contributed by atoms with Crippen LogP contribution in [0.15, 0.2) is 5.11 Å². The molecule has 0 aromatic carbocycles. The summed E-state index contributed by atoms with van der Waals surface area (Å²) in [4.78, 5) is 37.8. The molecule has 1 rings (SSSR count). The topological polar surface area (TPSA) is 118 Å². The highest BCUT2D eigenvalue weighted by Crippen LogP contribution is 2.36. The second-order valence-electron chi connectivity index (χ2n) is 5.45. The highest BCUT2D eigenvalue weighted by Gasteiger charge is 2.45. The number of nitrogens with zero attached hydrogens (tertiary/aromatic N) is 3. The second kappa shape index (κ2) is 8.63. The van der Waals surface area contributed by atoms with Gasteiger partial charge < -0.3 is 14.3 Å². The first-order chi connectivity index (χ1) is 10.4. The highest BCUT2D eigenvalue weighted by atomic mass is 16.7. The molecule has 0 N–H and O–H groups in total. The maximum absolute atomic E-state index is 12.0. The van der Waals surface area contributed by atoms with E-state index in [2.05, 4.69) is 10.0 Å². The van der Waals surface area contributed by atoms with Crippen molar-refractivity contribution in [3.05, 3.63) is 10.4 Å². The molecule has 0 aliphatic carbocycles. The Balaban J connectivity index is 2.92. The van der Waals surface area contributed by atoms with Crippen molar-refractivity contribution in [3.8, 4) is 0 Å². The summed E-state index contributed by atoms with van der Waals surface area (Å²) in [5.74, 6) is -2.06. The first-order valence-electron chi connectivity index (χ1n) is 7.12. The highest BCUT2D eigenvalue weighted by molar-refractivity contribution is 5.88. The summed E-state index contributed by atoms with van der Waals surface area (Å²) in [6.07, 6.45) is -0.664. The molecule has 1 fully saturated rings. The Morgan fingerprint density at radius 2 is 1.95 bits per heavy atom. The van der Waals surface area contributed by atoms with E-state index in [9.17, 15) is 14.4 Å². The average molecular weight is 311 g/mol. The lowest BCUT2D eigenvalue weighted by Crippen LogP contribution is -2.49. The van der Waals surface area contributed by atoms with Crippen LogP contribution in [0.25, 0.3) is 10.4 Å². The van der Waals surface area contributed by atoms with Crippen LogP contribution in [-0.4, -0.2) is 43.4 Å². The predicted molar refractivity (Wildman–Crippen MR) is 76.8 cm³/mol. The van der Waals surface area contributed by atoms with Gasteiger partial charge in [0.05, 0.1) is 19.1 Å². The Bertz CT molecular complexity index is 485. The van der Waals surface area contributed by atoms with Crippen molar-refractivity contribution in [2.75, 3.05) is 19.8 Å². The Kier molecular flexibility index (Phi) is 7.17. The van der Waals surface area contributed by atoms with Crippen LogP contribution in [0, 0.1) is 17.8 Å². The molecule has 4 atom stereocenters. The van der Waals surface area contributed by atoms with Gasteiger partial charge in [0.2, 0.25) is 0 Å². The molecule has 1 aliphatic heterocycles. The summed E-state index contributed by atoms with van der Waals surface area (Å²) in [7, 11) is 0. The maximum Gasteiger partial charge on any atom is 0.161 e. The Labute approximate surface area is 128 Å². The van der Waals surface area contributed by atoms with E-state index in [4.69, 9.17) is 15.0 Å². The molecule has 0 bridgehead atoms. The lowest BCUT2D eigenvalue weighted by atomic mass is 9.73. The number of ketones is 3. The summed E-state index contributed by atoms with van der Waals surface area (Å²) in [5.41, 5.74) is 8.23. The van der Waals surface area contributed by atoms with Gasteiger partial charge >= 0.3 is 0 Å². The van der Waals surface area contributed by atoms with Crippen molar-refractivity contribution < 1.29 is 23.9 Å².